The quantitative estimate of drug-likeness (QED) is 0.449. The fourth-order valence-electron chi connectivity index (χ4n) is 3.73. The Morgan fingerprint density at radius 2 is 2.09 bits per heavy atom. The zero-order valence-electron chi connectivity index (χ0n) is 12.3. The molecule has 0 radical (unpaired) electrons. The van der Waals surface area contributed by atoms with Crippen LogP contribution in [0.15, 0.2) is 59.1 Å². The summed E-state index contributed by atoms with van der Waals surface area (Å²) in [4.78, 5) is 10.7. The van der Waals surface area contributed by atoms with Crippen LogP contribution in [-0.2, 0) is 0 Å². The van der Waals surface area contributed by atoms with Crippen molar-refractivity contribution in [3.63, 3.8) is 0 Å². The van der Waals surface area contributed by atoms with Crippen molar-refractivity contribution < 1.29 is 4.92 Å². The molecule has 0 fully saturated rings. The number of halogens is 1. The number of fused-ring (bicyclic) bond motifs is 3. The van der Waals surface area contributed by atoms with E-state index in [2.05, 4.69) is 45.5 Å². The van der Waals surface area contributed by atoms with Crippen molar-refractivity contribution in [1.29, 1.82) is 0 Å². The summed E-state index contributed by atoms with van der Waals surface area (Å²) in [6, 6.07) is 13.3. The van der Waals surface area contributed by atoms with Crippen molar-refractivity contribution in [2.24, 2.45) is 5.92 Å². The molecule has 2 aromatic carbocycles. The Morgan fingerprint density at radius 1 is 1.22 bits per heavy atom. The minimum atomic E-state index is -0.332. The van der Waals surface area contributed by atoms with Crippen molar-refractivity contribution in [1.82, 2.24) is 0 Å². The van der Waals surface area contributed by atoms with Crippen molar-refractivity contribution >= 4 is 27.3 Å². The molecule has 0 saturated carbocycles. The van der Waals surface area contributed by atoms with Crippen LogP contribution in [0.3, 0.4) is 0 Å². The van der Waals surface area contributed by atoms with E-state index in [1.807, 2.05) is 12.1 Å². The Balaban J connectivity index is 1.78. The SMILES string of the molecule is O=[N+]([O-])c1cccc([C@@H]2Nc3ccc(Br)cc3[C@H]3C=CC[C@H]32)c1. The van der Waals surface area contributed by atoms with Gasteiger partial charge in [-0.2, -0.15) is 0 Å². The number of nitro benzene ring substituents is 1. The van der Waals surface area contributed by atoms with Crippen molar-refractivity contribution in [3.05, 3.63) is 80.3 Å². The topological polar surface area (TPSA) is 55.2 Å². The van der Waals surface area contributed by atoms with E-state index >= 15 is 0 Å². The number of hydrogen-bond donors (Lipinski definition) is 1. The molecule has 0 saturated heterocycles. The molecule has 1 aliphatic carbocycles. The Hall–Kier alpha value is -2.14. The Morgan fingerprint density at radius 3 is 2.91 bits per heavy atom. The average molecular weight is 371 g/mol. The van der Waals surface area contributed by atoms with E-state index in [0.717, 1.165) is 22.1 Å². The molecule has 3 atom stereocenters. The third-order valence-electron chi connectivity index (χ3n) is 4.76. The van der Waals surface area contributed by atoms with E-state index in [4.69, 9.17) is 0 Å². The van der Waals surface area contributed by atoms with E-state index in [1.165, 1.54) is 5.56 Å². The monoisotopic (exact) mass is 370 g/mol. The maximum atomic E-state index is 11.1. The molecule has 4 nitrogen and oxygen atoms in total. The lowest BCUT2D eigenvalue weighted by Gasteiger charge is -2.37. The first-order chi connectivity index (χ1) is 11.1. The van der Waals surface area contributed by atoms with E-state index in [1.54, 1.807) is 18.2 Å². The number of anilines is 1. The molecule has 4 rings (SSSR count). The molecule has 1 N–H and O–H groups in total. The van der Waals surface area contributed by atoms with Crippen LogP contribution in [-0.4, -0.2) is 4.92 Å². The molecular weight excluding hydrogens is 356 g/mol. The molecule has 0 aromatic heterocycles. The van der Waals surface area contributed by atoms with Gasteiger partial charge in [0.25, 0.3) is 5.69 Å². The van der Waals surface area contributed by atoms with Crippen LogP contribution in [0.2, 0.25) is 0 Å². The van der Waals surface area contributed by atoms with Gasteiger partial charge >= 0.3 is 0 Å². The maximum Gasteiger partial charge on any atom is 0.269 e. The first-order valence-corrected chi connectivity index (χ1v) is 8.40. The van der Waals surface area contributed by atoms with Gasteiger partial charge in [0.2, 0.25) is 0 Å². The van der Waals surface area contributed by atoms with Gasteiger partial charge in [-0.25, -0.2) is 0 Å². The van der Waals surface area contributed by atoms with E-state index in [0.29, 0.717) is 11.8 Å². The standard InChI is InChI=1S/C18H15BrN2O2/c19-12-7-8-17-16(10-12)14-5-2-6-15(14)18(20-17)11-3-1-4-13(9-11)21(22)23/h1-5,7-10,14-15,18,20H,6H2/t14-,15+,18-/m0/s1. The van der Waals surface area contributed by atoms with Crippen LogP contribution in [0.5, 0.6) is 0 Å². The highest BCUT2D eigenvalue weighted by Crippen LogP contribution is 2.50. The third-order valence-corrected chi connectivity index (χ3v) is 5.26. The lowest BCUT2D eigenvalue weighted by molar-refractivity contribution is -0.384. The van der Waals surface area contributed by atoms with Crippen LogP contribution < -0.4 is 5.32 Å². The number of nitrogens with zero attached hydrogens (tertiary/aromatic N) is 1. The molecular formula is C18H15BrN2O2. The lowest BCUT2D eigenvalue weighted by atomic mass is 9.77. The van der Waals surface area contributed by atoms with Gasteiger partial charge in [0.1, 0.15) is 0 Å². The summed E-state index contributed by atoms with van der Waals surface area (Å²) in [5, 5.41) is 14.7. The summed E-state index contributed by atoms with van der Waals surface area (Å²) in [5.41, 5.74) is 3.53. The van der Waals surface area contributed by atoms with Gasteiger partial charge in [-0.3, -0.25) is 10.1 Å². The number of benzene rings is 2. The highest BCUT2D eigenvalue weighted by molar-refractivity contribution is 9.10. The second kappa shape index (κ2) is 5.49. The average Bonchev–Trinajstić information content (AvgIpc) is 3.04. The van der Waals surface area contributed by atoms with Gasteiger partial charge in [0, 0.05) is 28.2 Å². The molecule has 0 spiro atoms. The lowest BCUT2D eigenvalue weighted by Crippen LogP contribution is -2.29. The molecule has 5 heteroatoms. The molecule has 0 amide bonds. The van der Waals surface area contributed by atoms with Crippen LogP contribution in [0.4, 0.5) is 11.4 Å². The van der Waals surface area contributed by atoms with E-state index in [9.17, 15) is 10.1 Å². The largest absolute Gasteiger partial charge is 0.378 e. The molecule has 2 aromatic rings. The zero-order valence-corrected chi connectivity index (χ0v) is 13.9. The summed E-state index contributed by atoms with van der Waals surface area (Å²) < 4.78 is 1.07. The number of non-ortho nitro benzene ring substituents is 1. The fraction of sp³-hybridized carbons (Fsp3) is 0.222. The number of nitrogens with one attached hydrogen (secondary N) is 1. The minimum absolute atomic E-state index is 0.0866. The van der Waals surface area contributed by atoms with Crippen LogP contribution in [0.1, 0.15) is 29.5 Å². The molecule has 23 heavy (non-hydrogen) atoms. The molecule has 0 unspecified atom stereocenters. The van der Waals surface area contributed by atoms with Gasteiger partial charge in [-0.15, -0.1) is 0 Å². The summed E-state index contributed by atoms with van der Waals surface area (Å²) in [6.45, 7) is 0. The van der Waals surface area contributed by atoms with Crippen LogP contribution in [0, 0.1) is 16.0 Å². The molecule has 1 heterocycles. The Bertz CT molecular complexity index is 818. The smallest absolute Gasteiger partial charge is 0.269 e. The predicted octanol–water partition coefficient (Wildman–Crippen LogP) is 5.18. The second-order valence-corrected chi connectivity index (χ2v) is 6.97. The first-order valence-electron chi connectivity index (χ1n) is 7.60. The van der Waals surface area contributed by atoms with Crippen molar-refractivity contribution in [3.8, 4) is 0 Å². The Kier molecular flexibility index (Phi) is 3.45. The van der Waals surface area contributed by atoms with Gasteiger partial charge in [-0.05, 0) is 41.7 Å². The normalized spacial score (nSPS) is 24.7. The molecule has 2 aliphatic rings. The van der Waals surface area contributed by atoms with Crippen LogP contribution in [0.25, 0.3) is 0 Å². The minimum Gasteiger partial charge on any atom is -0.378 e. The number of nitro groups is 1. The third kappa shape index (κ3) is 2.45. The Labute approximate surface area is 142 Å². The van der Waals surface area contributed by atoms with Gasteiger partial charge < -0.3 is 5.32 Å². The summed E-state index contributed by atoms with van der Waals surface area (Å²) in [7, 11) is 0. The number of allylic oxidation sites excluding steroid dienone is 2. The maximum absolute atomic E-state index is 11.1. The van der Waals surface area contributed by atoms with E-state index in [-0.39, 0.29) is 16.7 Å². The molecule has 0 bridgehead atoms. The highest BCUT2D eigenvalue weighted by atomic mass is 79.9. The second-order valence-electron chi connectivity index (χ2n) is 6.06. The zero-order chi connectivity index (χ0) is 16.0. The van der Waals surface area contributed by atoms with Gasteiger partial charge in [-0.1, -0.05) is 40.2 Å². The fourth-order valence-corrected chi connectivity index (χ4v) is 4.11. The number of hydrogen-bond acceptors (Lipinski definition) is 3. The summed E-state index contributed by atoms with van der Waals surface area (Å²) in [6.07, 6.45) is 5.47. The van der Waals surface area contributed by atoms with E-state index < -0.39 is 0 Å². The number of rotatable bonds is 2. The summed E-state index contributed by atoms with van der Waals surface area (Å²) in [5.74, 6) is 0.742. The first kappa shape index (κ1) is 14.5. The predicted molar refractivity (Wildman–Crippen MR) is 93.6 cm³/mol. The van der Waals surface area contributed by atoms with Crippen molar-refractivity contribution in [2.45, 2.75) is 18.4 Å². The van der Waals surface area contributed by atoms with Gasteiger partial charge in [0.05, 0.1) is 11.0 Å². The van der Waals surface area contributed by atoms with Gasteiger partial charge in [0.15, 0.2) is 0 Å². The highest BCUT2D eigenvalue weighted by Gasteiger charge is 2.38. The van der Waals surface area contributed by atoms with Crippen molar-refractivity contribution in [2.75, 3.05) is 5.32 Å². The van der Waals surface area contributed by atoms with Crippen LogP contribution >= 0.6 is 15.9 Å². The molecule has 1 aliphatic heterocycles. The molecule has 116 valence electrons. The summed E-state index contributed by atoms with van der Waals surface area (Å²) >= 11 is 3.55.